The van der Waals surface area contributed by atoms with Gasteiger partial charge >= 0.3 is 5.97 Å². The van der Waals surface area contributed by atoms with Gasteiger partial charge in [0.05, 0.1) is 30.2 Å². The summed E-state index contributed by atoms with van der Waals surface area (Å²) in [5.74, 6) is -0.990. The van der Waals surface area contributed by atoms with Crippen molar-refractivity contribution in [1.29, 1.82) is 0 Å². The molecule has 0 aliphatic carbocycles. The number of hydrogen-bond donors (Lipinski definition) is 2. The Morgan fingerprint density at radius 2 is 2.03 bits per heavy atom. The summed E-state index contributed by atoms with van der Waals surface area (Å²) in [5, 5.41) is 0.712. The largest absolute Gasteiger partial charge is 0.467 e. The minimum atomic E-state index is -4.24. The second-order valence-electron chi connectivity index (χ2n) is 8.17. The number of nitrogens with one attached hydrogen (secondary N) is 1. The van der Waals surface area contributed by atoms with Crippen LogP contribution in [0.15, 0.2) is 47.9 Å². The number of nitrogens with two attached hydrogens (primary N) is 1. The Labute approximate surface area is 210 Å². The maximum atomic E-state index is 13.3. The molecule has 12 nitrogen and oxygen atoms in total. The monoisotopic (exact) mass is 529 g/mol. The summed E-state index contributed by atoms with van der Waals surface area (Å²) in [6.07, 6.45) is 1.33. The molecule has 36 heavy (non-hydrogen) atoms. The number of imidazole rings is 1. The van der Waals surface area contributed by atoms with Gasteiger partial charge in [-0.05, 0) is 35.9 Å². The number of carbonyl (C=O) groups excluding carboxylic acids is 2. The highest BCUT2D eigenvalue weighted by atomic mass is 35.5. The van der Waals surface area contributed by atoms with Gasteiger partial charge in [0, 0.05) is 23.5 Å². The minimum absolute atomic E-state index is 0.0372. The van der Waals surface area contributed by atoms with Crippen LogP contribution in [-0.2, 0) is 30.9 Å². The number of aromatic amines is 1. The smallest absolute Gasteiger partial charge is 0.329 e. The van der Waals surface area contributed by atoms with Crippen LogP contribution in [0.25, 0.3) is 21.9 Å². The summed E-state index contributed by atoms with van der Waals surface area (Å²) in [5.41, 5.74) is 7.95. The summed E-state index contributed by atoms with van der Waals surface area (Å²) in [4.78, 5) is 42.1. The second kappa shape index (κ2) is 9.00. The van der Waals surface area contributed by atoms with E-state index in [1.54, 1.807) is 36.4 Å². The first-order valence-electron chi connectivity index (χ1n) is 10.7. The van der Waals surface area contributed by atoms with Gasteiger partial charge in [-0.1, -0.05) is 17.7 Å². The number of methoxy groups -OCH3 is 1. The molecule has 1 fully saturated rings. The fourth-order valence-corrected chi connectivity index (χ4v) is 5.60. The van der Waals surface area contributed by atoms with Crippen LogP contribution in [0.5, 0.6) is 0 Å². The number of rotatable bonds is 5. The fraction of sp³-hybridized carbons (Fsp3) is 0.227. The lowest BCUT2D eigenvalue weighted by Gasteiger charge is -2.38. The molecule has 186 valence electrons. The van der Waals surface area contributed by atoms with E-state index in [1.165, 1.54) is 18.3 Å². The number of nitrogens with zero attached hydrogens (tertiary/aromatic N) is 5. The van der Waals surface area contributed by atoms with Crippen LogP contribution in [0.2, 0.25) is 5.02 Å². The molecule has 2 aromatic carbocycles. The van der Waals surface area contributed by atoms with E-state index < -0.39 is 34.5 Å². The third-order valence-corrected chi connectivity index (χ3v) is 7.82. The summed E-state index contributed by atoms with van der Waals surface area (Å²) in [6.45, 7) is -0.743. The fourth-order valence-electron chi connectivity index (χ4n) is 4.11. The van der Waals surface area contributed by atoms with Crippen LogP contribution in [0, 0.1) is 0 Å². The number of esters is 1. The number of anilines is 1. The van der Waals surface area contributed by atoms with Gasteiger partial charge in [-0.3, -0.25) is 4.79 Å². The van der Waals surface area contributed by atoms with Crippen molar-refractivity contribution in [2.24, 2.45) is 0 Å². The summed E-state index contributed by atoms with van der Waals surface area (Å²) < 4.78 is 32.5. The Bertz CT molecular complexity index is 1620. The Balaban J connectivity index is 1.44. The van der Waals surface area contributed by atoms with E-state index in [0.717, 1.165) is 4.31 Å². The van der Waals surface area contributed by atoms with Gasteiger partial charge in [0.15, 0.2) is 0 Å². The van der Waals surface area contributed by atoms with Crippen molar-refractivity contribution in [3.05, 3.63) is 53.3 Å². The highest BCUT2D eigenvalue weighted by molar-refractivity contribution is 7.89. The van der Waals surface area contributed by atoms with Gasteiger partial charge in [0.25, 0.3) is 10.0 Å². The number of nitrogen functional groups attached to an aromatic ring is 1. The molecule has 1 aliphatic rings. The number of H-pyrrole nitrogens is 1. The van der Waals surface area contributed by atoms with Crippen molar-refractivity contribution < 1.29 is 22.7 Å². The normalized spacial score (nSPS) is 17.1. The van der Waals surface area contributed by atoms with Crippen molar-refractivity contribution in [1.82, 2.24) is 29.1 Å². The maximum Gasteiger partial charge on any atom is 0.329 e. The third kappa shape index (κ3) is 4.21. The van der Waals surface area contributed by atoms with Gasteiger partial charge in [0.1, 0.15) is 18.2 Å². The number of piperazine rings is 1. The number of hydrogen-bond acceptors (Lipinski definition) is 9. The minimum Gasteiger partial charge on any atom is -0.467 e. The molecule has 1 unspecified atom stereocenters. The van der Waals surface area contributed by atoms with Crippen molar-refractivity contribution in [2.45, 2.75) is 17.7 Å². The number of aromatic nitrogens is 4. The standard InChI is InChI=1S/C22H20ClN7O5S/c1-35-21(32)18-9-29(36(33,34)22-27-15-5-3-13(23)7-17(15)28-22)10-19(31)30(18)8-12-2-4-14-16(6-12)25-11-26-20(14)24/h2-7,11,18H,8-10H2,1H3,(H,27,28)(H2,24,25,26). The lowest BCUT2D eigenvalue weighted by Crippen LogP contribution is -2.60. The van der Waals surface area contributed by atoms with Crippen molar-refractivity contribution >= 4 is 61.3 Å². The van der Waals surface area contributed by atoms with Gasteiger partial charge in [0.2, 0.25) is 11.1 Å². The molecule has 1 saturated heterocycles. The topological polar surface area (TPSA) is 164 Å². The SMILES string of the molecule is COC(=O)C1CN(S(=O)(=O)c2nc3ccc(Cl)cc3[nH]2)CC(=O)N1Cc1ccc2c(N)ncnc2c1. The zero-order valence-electron chi connectivity index (χ0n) is 18.9. The number of carbonyl (C=O) groups is 2. The number of amides is 1. The van der Waals surface area contributed by atoms with Crippen LogP contribution < -0.4 is 5.73 Å². The van der Waals surface area contributed by atoms with Gasteiger partial charge in [-0.15, -0.1) is 0 Å². The summed E-state index contributed by atoms with van der Waals surface area (Å²) in [7, 11) is -3.06. The third-order valence-electron chi connectivity index (χ3n) is 5.95. The molecule has 3 heterocycles. The quantitative estimate of drug-likeness (QED) is 0.362. The van der Waals surface area contributed by atoms with Gasteiger partial charge in [-0.2, -0.15) is 4.31 Å². The van der Waals surface area contributed by atoms with Crippen LogP contribution in [0.4, 0.5) is 5.82 Å². The molecular weight excluding hydrogens is 510 g/mol. The molecule has 1 atom stereocenters. The molecule has 3 N–H and O–H groups in total. The number of ether oxygens (including phenoxy) is 1. The molecule has 2 aromatic heterocycles. The highest BCUT2D eigenvalue weighted by Gasteiger charge is 2.43. The zero-order chi connectivity index (χ0) is 25.6. The summed E-state index contributed by atoms with van der Waals surface area (Å²) in [6, 6.07) is 8.75. The molecule has 0 radical (unpaired) electrons. The molecule has 14 heteroatoms. The van der Waals surface area contributed by atoms with Crippen LogP contribution in [0.3, 0.4) is 0 Å². The molecule has 1 aliphatic heterocycles. The Morgan fingerprint density at radius 3 is 2.81 bits per heavy atom. The number of fused-ring (bicyclic) bond motifs is 2. The predicted octanol–water partition coefficient (Wildman–Crippen LogP) is 1.32. The Hall–Kier alpha value is -3.81. The first-order chi connectivity index (χ1) is 17.2. The Morgan fingerprint density at radius 1 is 1.22 bits per heavy atom. The number of sulfonamides is 1. The van der Waals surface area contributed by atoms with Crippen LogP contribution >= 0.6 is 11.6 Å². The van der Waals surface area contributed by atoms with E-state index in [2.05, 4.69) is 19.9 Å². The molecule has 0 spiro atoms. The number of benzene rings is 2. The molecule has 1 amide bonds. The second-order valence-corrected chi connectivity index (χ2v) is 10.5. The zero-order valence-corrected chi connectivity index (χ0v) is 20.5. The van der Waals surface area contributed by atoms with E-state index in [1.807, 2.05) is 0 Å². The van der Waals surface area contributed by atoms with E-state index in [-0.39, 0.29) is 18.2 Å². The first-order valence-corrected chi connectivity index (χ1v) is 12.5. The molecule has 0 saturated carbocycles. The Kier molecular flexibility index (Phi) is 5.98. The highest BCUT2D eigenvalue weighted by Crippen LogP contribution is 2.26. The number of halogens is 1. The van der Waals surface area contributed by atoms with Crippen molar-refractivity contribution in [2.75, 3.05) is 25.9 Å². The predicted molar refractivity (Wildman–Crippen MR) is 130 cm³/mol. The van der Waals surface area contributed by atoms with E-state index in [0.29, 0.717) is 38.3 Å². The summed E-state index contributed by atoms with van der Waals surface area (Å²) >= 11 is 5.98. The van der Waals surface area contributed by atoms with Crippen LogP contribution in [-0.4, -0.2) is 75.7 Å². The van der Waals surface area contributed by atoms with Gasteiger partial charge < -0.3 is 20.4 Å². The van der Waals surface area contributed by atoms with E-state index in [9.17, 15) is 18.0 Å². The van der Waals surface area contributed by atoms with Crippen molar-refractivity contribution in [3.63, 3.8) is 0 Å². The van der Waals surface area contributed by atoms with Crippen molar-refractivity contribution in [3.8, 4) is 0 Å². The lowest BCUT2D eigenvalue weighted by molar-refractivity contribution is -0.157. The first kappa shape index (κ1) is 23.9. The molecule has 5 rings (SSSR count). The molecular formula is C22H20ClN7O5S. The van der Waals surface area contributed by atoms with Crippen LogP contribution in [0.1, 0.15) is 5.56 Å². The van der Waals surface area contributed by atoms with E-state index >= 15 is 0 Å². The average molecular weight is 530 g/mol. The lowest BCUT2D eigenvalue weighted by atomic mass is 10.1. The molecule has 0 bridgehead atoms. The average Bonchev–Trinajstić information content (AvgIpc) is 3.29. The molecule has 4 aromatic rings. The maximum absolute atomic E-state index is 13.3. The van der Waals surface area contributed by atoms with Gasteiger partial charge in [-0.25, -0.2) is 28.2 Å². The van der Waals surface area contributed by atoms with E-state index in [4.69, 9.17) is 22.1 Å².